The summed E-state index contributed by atoms with van der Waals surface area (Å²) in [4.78, 5) is 13.5. The van der Waals surface area contributed by atoms with Gasteiger partial charge in [-0.2, -0.15) is 0 Å². The maximum absolute atomic E-state index is 11.8. The minimum absolute atomic E-state index is 0.259. The van der Waals surface area contributed by atoms with E-state index in [0.717, 1.165) is 0 Å². The molecule has 98 valence electrons. The third kappa shape index (κ3) is 5.56. The van der Waals surface area contributed by atoms with Crippen molar-refractivity contribution in [2.45, 2.75) is 26.4 Å². The number of ether oxygens (including phenoxy) is 1. The van der Waals surface area contributed by atoms with E-state index in [-0.39, 0.29) is 6.09 Å². The number of nitrogens with zero attached hydrogens (tertiary/aromatic N) is 2. The smallest absolute Gasteiger partial charge is 0.410 e. The van der Waals surface area contributed by atoms with Crippen molar-refractivity contribution in [1.82, 2.24) is 15.3 Å². The Morgan fingerprint density at radius 2 is 1.82 bits per heavy atom. The van der Waals surface area contributed by atoms with Crippen molar-refractivity contribution in [3.63, 3.8) is 0 Å². The molecule has 0 bridgehead atoms. The number of piperazine rings is 1. The molecule has 0 aromatic carbocycles. The van der Waals surface area contributed by atoms with Crippen molar-refractivity contribution in [3.8, 4) is 0 Å². The van der Waals surface area contributed by atoms with Crippen LogP contribution in [0.3, 0.4) is 0 Å². The van der Waals surface area contributed by atoms with Crippen molar-refractivity contribution in [2.24, 2.45) is 0 Å². The summed E-state index contributed by atoms with van der Waals surface area (Å²) >= 11 is 8.84. The van der Waals surface area contributed by atoms with Crippen LogP contribution in [-0.4, -0.2) is 52.1 Å². The van der Waals surface area contributed by atoms with Crippen molar-refractivity contribution in [1.29, 1.82) is 0 Å². The molecule has 0 aliphatic carbocycles. The Bertz CT molecular complexity index is 296. The molecule has 0 aromatic rings. The van der Waals surface area contributed by atoms with Crippen LogP contribution in [0.25, 0.3) is 0 Å². The maximum atomic E-state index is 11.8. The molecular formula is C10H19N3O2S2. The molecule has 1 saturated heterocycles. The van der Waals surface area contributed by atoms with E-state index in [4.69, 9.17) is 17.0 Å². The summed E-state index contributed by atoms with van der Waals surface area (Å²) in [6, 6.07) is 0. The number of amides is 1. The van der Waals surface area contributed by atoms with Gasteiger partial charge in [-0.1, -0.05) is 12.2 Å². The standard InChI is InChI=1S/C10H19N3O2S2/c1-10(2,3)15-9(14)12-4-6-13(7-5-12)11-8(16)17/h4-7H2,1-3H3,(H2,11,16,17). The van der Waals surface area contributed by atoms with E-state index in [1.54, 1.807) is 4.90 Å². The van der Waals surface area contributed by atoms with Crippen LogP contribution in [0, 0.1) is 0 Å². The van der Waals surface area contributed by atoms with Crippen LogP contribution in [0.15, 0.2) is 0 Å². The third-order valence-corrected chi connectivity index (χ3v) is 2.38. The van der Waals surface area contributed by atoms with Crippen LogP contribution in [0.4, 0.5) is 4.79 Å². The van der Waals surface area contributed by atoms with Gasteiger partial charge in [-0.3, -0.25) is 0 Å². The van der Waals surface area contributed by atoms with Crippen molar-refractivity contribution in [3.05, 3.63) is 0 Å². The molecule has 0 spiro atoms. The van der Waals surface area contributed by atoms with Crippen LogP contribution in [0.2, 0.25) is 0 Å². The first-order chi connectivity index (χ1) is 7.78. The minimum atomic E-state index is -0.445. The molecule has 1 rings (SSSR count). The quantitative estimate of drug-likeness (QED) is 0.558. The largest absolute Gasteiger partial charge is 0.444 e. The normalized spacial score (nSPS) is 17.8. The highest BCUT2D eigenvalue weighted by molar-refractivity contribution is 8.11. The molecule has 17 heavy (non-hydrogen) atoms. The second-order valence-corrected chi connectivity index (χ2v) is 6.03. The summed E-state index contributed by atoms with van der Waals surface area (Å²) in [6.45, 7) is 8.25. The van der Waals surface area contributed by atoms with Gasteiger partial charge < -0.3 is 15.1 Å². The molecule has 1 aliphatic heterocycles. The van der Waals surface area contributed by atoms with Crippen molar-refractivity contribution >= 4 is 35.3 Å². The average molecular weight is 277 g/mol. The van der Waals surface area contributed by atoms with Crippen LogP contribution >= 0.6 is 24.8 Å². The number of carbonyl (C=O) groups excluding carboxylic acids is 1. The molecule has 7 heteroatoms. The summed E-state index contributed by atoms with van der Waals surface area (Å²) in [5.74, 6) is 0. The minimum Gasteiger partial charge on any atom is -0.444 e. The van der Waals surface area contributed by atoms with E-state index in [0.29, 0.717) is 30.5 Å². The second kappa shape index (κ2) is 5.88. The van der Waals surface area contributed by atoms with Gasteiger partial charge in [-0.25, -0.2) is 9.80 Å². The van der Waals surface area contributed by atoms with E-state index in [1.807, 2.05) is 25.8 Å². The van der Waals surface area contributed by atoms with E-state index in [9.17, 15) is 4.79 Å². The van der Waals surface area contributed by atoms with Crippen molar-refractivity contribution in [2.75, 3.05) is 26.2 Å². The molecule has 0 radical (unpaired) electrons. The Morgan fingerprint density at radius 3 is 2.24 bits per heavy atom. The number of hydrogen-bond donors (Lipinski definition) is 2. The molecule has 0 saturated carbocycles. The number of thiocarbonyl (C=S) groups is 1. The van der Waals surface area contributed by atoms with Crippen LogP contribution in [0.5, 0.6) is 0 Å². The number of thiol groups is 1. The Morgan fingerprint density at radius 1 is 1.29 bits per heavy atom. The summed E-state index contributed by atoms with van der Waals surface area (Å²) in [6.07, 6.45) is -0.259. The van der Waals surface area contributed by atoms with E-state index < -0.39 is 5.60 Å². The summed E-state index contributed by atoms with van der Waals surface area (Å²) in [5, 5.41) is 1.94. The van der Waals surface area contributed by atoms with Gasteiger partial charge in [0.05, 0.1) is 0 Å². The number of nitrogens with one attached hydrogen (secondary N) is 1. The lowest BCUT2D eigenvalue weighted by molar-refractivity contribution is 0.0123. The average Bonchev–Trinajstić information content (AvgIpc) is 2.15. The van der Waals surface area contributed by atoms with Gasteiger partial charge in [0.25, 0.3) is 0 Å². The maximum Gasteiger partial charge on any atom is 0.410 e. The van der Waals surface area contributed by atoms with Gasteiger partial charge in [-0.15, -0.1) is 12.6 Å². The Hall–Kier alpha value is -0.530. The number of carbonyl (C=O) groups is 1. The predicted molar refractivity (Wildman–Crippen MR) is 74.1 cm³/mol. The molecule has 1 heterocycles. The highest BCUT2D eigenvalue weighted by Gasteiger charge is 2.25. The monoisotopic (exact) mass is 277 g/mol. The fourth-order valence-electron chi connectivity index (χ4n) is 1.46. The fraction of sp³-hybridized carbons (Fsp3) is 0.800. The lowest BCUT2D eigenvalue weighted by atomic mass is 10.2. The second-order valence-electron chi connectivity index (χ2n) is 4.87. The van der Waals surface area contributed by atoms with Gasteiger partial charge in [0.2, 0.25) is 0 Å². The molecule has 1 fully saturated rings. The molecule has 0 aromatic heterocycles. The molecular weight excluding hydrogens is 258 g/mol. The Labute approximate surface area is 113 Å². The highest BCUT2D eigenvalue weighted by Crippen LogP contribution is 2.11. The third-order valence-electron chi connectivity index (χ3n) is 2.19. The summed E-state index contributed by atoms with van der Waals surface area (Å²) in [7, 11) is 0. The first-order valence-corrected chi connectivity index (χ1v) is 6.36. The molecule has 1 N–H and O–H groups in total. The van der Waals surface area contributed by atoms with E-state index in [1.165, 1.54) is 0 Å². The van der Waals surface area contributed by atoms with Gasteiger partial charge in [0.15, 0.2) is 0 Å². The summed E-state index contributed by atoms with van der Waals surface area (Å²) in [5.41, 5.74) is 2.49. The lowest BCUT2D eigenvalue weighted by Crippen LogP contribution is -2.54. The van der Waals surface area contributed by atoms with Gasteiger partial charge in [0.1, 0.15) is 9.92 Å². The van der Waals surface area contributed by atoms with Gasteiger partial charge >= 0.3 is 6.09 Å². The molecule has 0 atom stereocenters. The first-order valence-electron chi connectivity index (χ1n) is 5.50. The molecule has 0 unspecified atom stereocenters. The molecule has 1 aliphatic rings. The first kappa shape index (κ1) is 14.5. The number of rotatable bonds is 1. The number of hydrogen-bond acceptors (Lipinski definition) is 4. The zero-order valence-electron chi connectivity index (χ0n) is 10.4. The van der Waals surface area contributed by atoms with Crippen LogP contribution in [-0.2, 0) is 4.74 Å². The Balaban J connectivity index is 2.36. The zero-order chi connectivity index (χ0) is 13.1. The zero-order valence-corrected chi connectivity index (χ0v) is 12.1. The highest BCUT2D eigenvalue weighted by atomic mass is 32.1. The van der Waals surface area contributed by atoms with Gasteiger partial charge in [-0.05, 0) is 20.8 Å². The van der Waals surface area contributed by atoms with Crippen molar-refractivity contribution < 1.29 is 9.53 Å². The lowest BCUT2D eigenvalue weighted by Gasteiger charge is -2.35. The predicted octanol–water partition coefficient (Wildman–Crippen LogP) is 1.26. The van der Waals surface area contributed by atoms with E-state index >= 15 is 0 Å². The fourth-order valence-corrected chi connectivity index (χ4v) is 1.73. The SMILES string of the molecule is CC(C)(C)OC(=O)N1CCN(NC(=S)S)CC1. The summed E-state index contributed by atoms with van der Waals surface area (Å²) < 4.78 is 5.74. The molecule has 1 amide bonds. The van der Waals surface area contributed by atoms with Gasteiger partial charge in [0, 0.05) is 26.2 Å². The number of hydrazine groups is 1. The van der Waals surface area contributed by atoms with Crippen LogP contribution in [0.1, 0.15) is 20.8 Å². The van der Waals surface area contributed by atoms with E-state index in [2.05, 4.69) is 18.1 Å². The topological polar surface area (TPSA) is 44.8 Å². The Kier molecular flexibility index (Phi) is 5.03. The van der Waals surface area contributed by atoms with Crippen LogP contribution < -0.4 is 5.43 Å². The molecule has 5 nitrogen and oxygen atoms in total.